The van der Waals surface area contributed by atoms with Crippen molar-refractivity contribution in [2.45, 2.75) is 19.3 Å². The maximum atomic E-state index is 5.97. The Balaban J connectivity index is 1.93. The lowest BCUT2D eigenvalue weighted by molar-refractivity contribution is 0.758. The first-order chi connectivity index (χ1) is 10.8. The molecule has 3 aromatic rings. The van der Waals surface area contributed by atoms with Crippen LogP contribution in [-0.4, -0.2) is 16.5 Å². The minimum atomic E-state index is 0.742. The van der Waals surface area contributed by atoms with Gasteiger partial charge in [-0.25, -0.2) is 9.97 Å². The molecule has 0 saturated carbocycles. The van der Waals surface area contributed by atoms with Crippen LogP contribution in [0.3, 0.4) is 0 Å². The highest BCUT2D eigenvalue weighted by Gasteiger charge is 2.19. The van der Waals surface area contributed by atoms with Crippen molar-refractivity contribution in [3.63, 3.8) is 0 Å². The molecule has 2 heterocycles. The zero-order chi connectivity index (χ0) is 14.9. The summed E-state index contributed by atoms with van der Waals surface area (Å²) in [6.07, 6.45) is 5.13. The number of fused-ring (bicyclic) bond motifs is 2. The Bertz CT molecular complexity index is 828. The highest BCUT2D eigenvalue weighted by molar-refractivity contribution is 5.93. The number of nitrogens with zero attached hydrogens (tertiary/aromatic N) is 3. The molecule has 2 aromatic carbocycles. The van der Waals surface area contributed by atoms with Gasteiger partial charge in [-0.15, -0.1) is 0 Å². The van der Waals surface area contributed by atoms with E-state index in [1.54, 1.807) is 6.33 Å². The maximum absolute atomic E-state index is 5.97. The fraction of sp³-hybridized carbons (Fsp3) is 0.222. The Morgan fingerprint density at radius 2 is 1.91 bits per heavy atom. The lowest BCUT2D eigenvalue weighted by Crippen LogP contribution is -2.19. The van der Waals surface area contributed by atoms with Crippen molar-refractivity contribution in [1.29, 1.82) is 0 Å². The van der Waals surface area contributed by atoms with E-state index in [4.69, 9.17) is 5.73 Å². The molecule has 0 atom stereocenters. The molecule has 0 aliphatic carbocycles. The van der Waals surface area contributed by atoms with Gasteiger partial charge in [-0.05, 0) is 49.1 Å². The Labute approximate surface area is 129 Å². The molecule has 110 valence electrons. The van der Waals surface area contributed by atoms with Gasteiger partial charge in [-0.2, -0.15) is 0 Å². The van der Waals surface area contributed by atoms with E-state index in [1.807, 2.05) is 18.2 Å². The fourth-order valence-corrected chi connectivity index (χ4v) is 3.19. The number of nitrogen functional groups attached to an aromatic ring is 1. The van der Waals surface area contributed by atoms with Crippen molar-refractivity contribution >= 4 is 28.1 Å². The zero-order valence-electron chi connectivity index (χ0n) is 12.4. The van der Waals surface area contributed by atoms with E-state index < -0.39 is 0 Å². The largest absolute Gasteiger partial charge is 0.399 e. The minimum Gasteiger partial charge on any atom is -0.399 e. The van der Waals surface area contributed by atoms with Crippen LogP contribution < -0.4 is 10.6 Å². The predicted molar refractivity (Wildman–Crippen MR) is 90.3 cm³/mol. The third-order valence-corrected chi connectivity index (χ3v) is 4.25. The Morgan fingerprint density at radius 3 is 2.86 bits per heavy atom. The molecule has 4 nitrogen and oxygen atoms in total. The smallest absolute Gasteiger partial charge is 0.144 e. The molecule has 0 bridgehead atoms. The SMILES string of the molecule is Nc1ccc2ncnc(N3CCCCc4ccccc43)c2c1. The van der Waals surface area contributed by atoms with E-state index in [0.717, 1.165) is 41.8 Å². The van der Waals surface area contributed by atoms with Crippen molar-refractivity contribution in [3.8, 4) is 0 Å². The van der Waals surface area contributed by atoms with Gasteiger partial charge in [0.2, 0.25) is 0 Å². The van der Waals surface area contributed by atoms with Gasteiger partial charge in [0.05, 0.1) is 5.52 Å². The summed E-state index contributed by atoms with van der Waals surface area (Å²) in [7, 11) is 0. The summed E-state index contributed by atoms with van der Waals surface area (Å²) < 4.78 is 0. The van der Waals surface area contributed by atoms with Gasteiger partial charge in [0.25, 0.3) is 0 Å². The standard InChI is InChI=1S/C18H18N4/c19-14-8-9-16-15(11-14)18(21-12-20-16)22-10-4-3-6-13-5-1-2-7-17(13)22/h1-2,5,7-9,11-12H,3-4,6,10,19H2. The molecule has 1 aromatic heterocycles. The first-order valence-corrected chi connectivity index (χ1v) is 7.68. The van der Waals surface area contributed by atoms with Crippen LogP contribution in [0.4, 0.5) is 17.2 Å². The molecule has 4 heteroatoms. The predicted octanol–water partition coefficient (Wildman–Crippen LogP) is 3.69. The second kappa shape index (κ2) is 5.30. The van der Waals surface area contributed by atoms with Gasteiger partial charge >= 0.3 is 0 Å². The van der Waals surface area contributed by atoms with Crippen molar-refractivity contribution in [2.75, 3.05) is 17.2 Å². The van der Waals surface area contributed by atoms with Gasteiger partial charge in [0.1, 0.15) is 12.1 Å². The summed E-state index contributed by atoms with van der Waals surface area (Å²) in [4.78, 5) is 11.2. The molecule has 0 radical (unpaired) electrons. The Hall–Kier alpha value is -2.62. The van der Waals surface area contributed by atoms with Crippen molar-refractivity contribution in [2.24, 2.45) is 0 Å². The molecule has 0 unspecified atom stereocenters. The summed E-state index contributed by atoms with van der Waals surface area (Å²) in [6, 6.07) is 14.4. The topological polar surface area (TPSA) is 55.0 Å². The van der Waals surface area contributed by atoms with E-state index in [9.17, 15) is 0 Å². The number of aryl methyl sites for hydroxylation is 1. The lowest BCUT2D eigenvalue weighted by Gasteiger charge is -2.25. The van der Waals surface area contributed by atoms with Crippen molar-refractivity contribution < 1.29 is 0 Å². The number of nitrogens with two attached hydrogens (primary N) is 1. The number of rotatable bonds is 1. The average Bonchev–Trinajstić information content (AvgIpc) is 2.77. The van der Waals surface area contributed by atoms with Gasteiger partial charge in [0, 0.05) is 23.3 Å². The number of benzene rings is 2. The van der Waals surface area contributed by atoms with Gasteiger partial charge in [-0.1, -0.05) is 18.2 Å². The zero-order valence-corrected chi connectivity index (χ0v) is 12.4. The summed E-state index contributed by atoms with van der Waals surface area (Å²) in [5, 5.41) is 1.01. The second-order valence-corrected chi connectivity index (χ2v) is 5.71. The van der Waals surface area contributed by atoms with Crippen LogP contribution in [0, 0.1) is 0 Å². The molecule has 2 N–H and O–H groups in total. The van der Waals surface area contributed by atoms with Crippen LogP contribution in [0.15, 0.2) is 48.8 Å². The van der Waals surface area contributed by atoms with Crippen molar-refractivity contribution in [1.82, 2.24) is 9.97 Å². The van der Waals surface area contributed by atoms with Gasteiger partial charge in [-0.3, -0.25) is 0 Å². The van der Waals surface area contributed by atoms with E-state index in [1.165, 1.54) is 17.7 Å². The van der Waals surface area contributed by atoms with Crippen LogP contribution in [0.2, 0.25) is 0 Å². The van der Waals surface area contributed by atoms with E-state index in [0.29, 0.717) is 0 Å². The first kappa shape index (κ1) is 13.1. The molecular formula is C18H18N4. The second-order valence-electron chi connectivity index (χ2n) is 5.71. The average molecular weight is 290 g/mol. The summed E-state index contributed by atoms with van der Waals surface area (Å²) in [5.41, 5.74) is 10.3. The van der Waals surface area contributed by atoms with Crippen LogP contribution in [0.25, 0.3) is 10.9 Å². The van der Waals surface area contributed by atoms with Crippen LogP contribution >= 0.6 is 0 Å². The number of hydrogen-bond acceptors (Lipinski definition) is 4. The molecule has 1 aliphatic heterocycles. The number of hydrogen-bond donors (Lipinski definition) is 1. The Morgan fingerprint density at radius 1 is 1.00 bits per heavy atom. The number of anilines is 3. The summed E-state index contributed by atoms with van der Waals surface area (Å²) in [6.45, 7) is 0.970. The highest BCUT2D eigenvalue weighted by Crippen LogP contribution is 2.35. The summed E-state index contributed by atoms with van der Waals surface area (Å²) >= 11 is 0. The van der Waals surface area contributed by atoms with E-state index in [2.05, 4.69) is 39.1 Å². The van der Waals surface area contributed by atoms with Crippen molar-refractivity contribution in [3.05, 3.63) is 54.4 Å². The molecule has 22 heavy (non-hydrogen) atoms. The third kappa shape index (κ3) is 2.17. The van der Waals surface area contributed by atoms with Gasteiger partial charge < -0.3 is 10.6 Å². The van der Waals surface area contributed by atoms with Crippen LogP contribution in [0.1, 0.15) is 18.4 Å². The molecule has 4 rings (SSSR count). The van der Waals surface area contributed by atoms with E-state index in [-0.39, 0.29) is 0 Å². The van der Waals surface area contributed by atoms with Crippen LogP contribution in [0.5, 0.6) is 0 Å². The number of aromatic nitrogens is 2. The number of para-hydroxylation sites is 1. The maximum Gasteiger partial charge on any atom is 0.144 e. The van der Waals surface area contributed by atoms with E-state index >= 15 is 0 Å². The quantitative estimate of drug-likeness (QED) is 0.694. The molecule has 0 saturated heterocycles. The Kier molecular flexibility index (Phi) is 3.15. The molecule has 0 fully saturated rings. The first-order valence-electron chi connectivity index (χ1n) is 7.68. The molecular weight excluding hydrogens is 272 g/mol. The molecule has 0 spiro atoms. The highest BCUT2D eigenvalue weighted by atomic mass is 15.2. The fourth-order valence-electron chi connectivity index (χ4n) is 3.19. The monoisotopic (exact) mass is 290 g/mol. The summed E-state index contributed by atoms with van der Waals surface area (Å²) in [5.74, 6) is 0.951. The minimum absolute atomic E-state index is 0.742. The van der Waals surface area contributed by atoms with Crippen LogP contribution in [-0.2, 0) is 6.42 Å². The molecule has 1 aliphatic rings. The van der Waals surface area contributed by atoms with Gasteiger partial charge in [0.15, 0.2) is 0 Å². The lowest BCUT2D eigenvalue weighted by atomic mass is 10.1. The third-order valence-electron chi connectivity index (χ3n) is 4.25. The normalized spacial score (nSPS) is 14.6. The molecule has 0 amide bonds.